The number of nitrogens with zero attached hydrogens (tertiary/aromatic N) is 19. The SMILES string of the molecule is C#Cc1cc2nccc(Oc3ccc([N+](=O)[O-])cc3F)c2s1.ClCCN1CCCC1.NC1CC1.Nc1ccc(Oc2ccnc3cc(-c4cn(CCN5CCCC5)nn4)sc23)c(F)c1.O=C(Cc1ccc(Oc2ccnc3cc(-c4cn(CCN5CCCC5)nn4)sc23)c(F)c1)CC1CC1.O=[N+]([O-])c1ccc(Oc2ccnc3cc(-c4cn(CCN5CCCC5)nn4)sc23)c(F)c1. The molecular formula is C93H94ClF4N21O9S4. The molecule has 6 aliphatic rings. The molecule has 0 unspecified atom stereocenters. The highest BCUT2D eigenvalue weighted by Crippen LogP contribution is 2.44. The Hall–Kier alpha value is -12.4. The maximum atomic E-state index is 14.8. The zero-order chi connectivity index (χ0) is 91.6. The molecule has 0 atom stereocenters. The molecule has 132 heavy (non-hydrogen) atoms. The Morgan fingerprint density at radius 2 is 0.788 bits per heavy atom. The third kappa shape index (κ3) is 25.0. The van der Waals surface area contributed by atoms with Crippen LogP contribution in [0.5, 0.6) is 46.0 Å². The number of carbonyl (C=O) groups excluding carboxylic acids is 1. The van der Waals surface area contributed by atoms with Crippen molar-refractivity contribution in [2.45, 2.75) is 116 Å². The van der Waals surface area contributed by atoms with Gasteiger partial charge in [0, 0.05) is 124 Å². The molecule has 39 heteroatoms. The summed E-state index contributed by atoms with van der Waals surface area (Å²) < 4.78 is 88.9. The zero-order valence-electron chi connectivity index (χ0n) is 71.9. The molecule has 15 heterocycles. The average Bonchev–Trinajstić information content (AvgIpc) is 1.65. The third-order valence-electron chi connectivity index (χ3n) is 22.5. The van der Waals surface area contributed by atoms with Gasteiger partial charge in [-0.05, 0) is 202 Å². The number of thiophene rings is 4. The van der Waals surface area contributed by atoms with E-state index < -0.39 is 33.1 Å². The summed E-state index contributed by atoms with van der Waals surface area (Å²) in [5.41, 5.74) is 16.4. The standard InChI is InChI=1S/C27H28FN5O2S.C21H19FN6O3S.C21H21FN6OS.C15H7FN2O3S.C6H12ClN.C3H7N/c28-21-15-19(14-20(34)13-18-3-4-18)5-6-24(21)35-25-7-8-29-22-16-26(36-27(22)25)23-17-33(31-30-23)12-11-32-9-1-2-10-32;22-15-11-14(28(29)30)3-4-18(15)31-19-5-6-23-16-12-20(32-21(16)19)17-13-27(25-24-17)10-9-26-7-1-2-8-26;22-15-11-14(23)3-4-18(15)29-19-5-6-24-16-12-20(30-21(16)19)17-13-28(26-25-17)10-9-27-7-1-2-8-27;1-2-10-8-12-15(22-10)14(5-6-17-12)21-13-4-3-9(18(19)20)7-11(13)16;7-3-6-8-4-1-2-5-8;4-3-1-2-3/h5-8,15-18H,1-4,9-14H2;3-6,11-13H,1-2,7-10H2;3-6,11-13H,1-2,7-10,23H2;1,3-8H;1-6H2;3H,1-2,4H2. The number of hydrogen-bond donors (Lipinski definition) is 2. The van der Waals surface area contributed by atoms with Gasteiger partial charge in [-0.15, -0.1) is 78.7 Å². The predicted molar refractivity (Wildman–Crippen MR) is 504 cm³/mol. The number of alkyl halides is 1. The number of halogens is 5. The number of fused-ring (bicyclic) bond motifs is 4. The fourth-order valence-electron chi connectivity index (χ4n) is 15.1. The monoisotopic (exact) mass is 1890 g/mol. The van der Waals surface area contributed by atoms with Crippen molar-refractivity contribution in [1.29, 1.82) is 0 Å². The lowest BCUT2D eigenvalue weighted by Gasteiger charge is -2.13. The molecule has 684 valence electrons. The van der Waals surface area contributed by atoms with Gasteiger partial charge in [0.05, 0.1) is 121 Å². The molecule has 30 nitrogen and oxygen atoms in total. The maximum Gasteiger partial charge on any atom is 0.272 e. The number of nitro benzene ring substituents is 2. The summed E-state index contributed by atoms with van der Waals surface area (Å²) in [6.45, 7) is 15.9. The van der Waals surface area contributed by atoms with Gasteiger partial charge in [-0.2, -0.15) is 0 Å². The van der Waals surface area contributed by atoms with E-state index >= 15 is 0 Å². The zero-order valence-corrected chi connectivity index (χ0v) is 75.9. The molecule has 4 N–H and O–H groups in total. The van der Waals surface area contributed by atoms with Crippen molar-refractivity contribution in [3.8, 4) is 90.1 Å². The first-order chi connectivity index (χ1) is 64.2. The highest BCUT2D eigenvalue weighted by molar-refractivity contribution is 7.23. The van der Waals surface area contributed by atoms with E-state index in [1.807, 2.05) is 50.8 Å². The molecule has 0 radical (unpaired) electrons. The molecule has 0 bridgehead atoms. The van der Waals surface area contributed by atoms with Gasteiger partial charge >= 0.3 is 0 Å². The van der Waals surface area contributed by atoms with E-state index in [4.69, 9.17) is 48.4 Å². The molecule has 4 aliphatic heterocycles. The Labute approximate surface area is 777 Å². The molecule has 2 saturated carbocycles. The summed E-state index contributed by atoms with van der Waals surface area (Å²) in [6, 6.07) is 30.5. The molecule has 4 aromatic carbocycles. The number of ether oxygens (including phenoxy) is 4. The average molecular weight is 1890 g/mol. The number of hydrogen-bond acceptors (Lipinski definition) is 29. The predicted octanol–water partition coefficient (Wildman–Crippen LogP) is 19.7. The summed E-state index contributed by atoms with van der Waals surface area (Å²) in [6.07, 6.45) is 33.6. The lowest BCUT2D eigenvalue weighted by Crippen LogP contribution is -2.24. The third-order valence-corrected chi connectivity index (χ3v) is 27.2. The number of rotatable bonds is 28. The summed E-state index contributed by atoms with van der Waals surface area (Å²) in [7, 11) is 0. The second kappa shape index (κ2) is 44.2. The minimum Gasteiger partial charge on any atom is -0.453 e. The number of ketones is 1. The summed E-state index contributed by atoms with van der Waals surface area (Å²) in [5, 5.41) is 47.2. The quantitative estimate of drug-likeness (QED) is 0.0115. The fraction of sp³-hybridized carbons (Fsp3) is 0.344. The first-order valence-corrected chi connectivity index (χ1v) is 47.4. The van der Waals surface area contributed by atoms with Crippen LogP contribution in [-0.4, -0.2) is 191 Å². The number of nitrogen functional groups attached to an aromatic ring is 1. The highest BCUT2D eigenvalue weighted by atomic mass is 35.5. The Morgan fingerprint density at radius 3 is 1.12 bits per heavy atom. The van der Waals surface area contributed by atoms with Crippen LogP contribution < -0.4 is 30.4 Å². The molecule has 11 aromatic heterocycles. The van der Waals surface area contributed by atoms with Gasteiger partial charge in [0.2, 0.25) is 0 Å². The highest BCUT2D eigenvalue weighted by Gasteiger charge is 2.27. The molecule has 15 aromatic rings. The Morgan fingerprint density at radius 1 is 0.447 bits per heavy atom. The number of benzene rings is 4. The number of terminal acetylenes is 1. The molecule has 6 fully saturated rings. The molecule has 0 spiro atoms. The van der Waals surface area contributed by atoms with Crippen molar-refractivity contribution in [3.63, 3.8) is 0 Å². The molecule has 2 aliphatic carbocycles. The van der Waals surface area contributed by atoms with Crippen molar-refractivity contribution in [2.75, 3.05) is 90.2 Å². The number of likely N-dealkylation sites (tertiary alicyclic amines) is 4. The van der Waals surface area contributed by atoms with Crippen LogP contribution in [0.4, 0.5) is 34.6 Å². The van der Waals surface area contributed by atoms with Gasteiger partial charge in [0.1, 0.15) is 45.9 Å². The second-order valence-electron chi connectivity index (χ2n) is 32.5. The lowest BCUT2D eigenvalue weighted by atomic mass is 10.0. The summed E-state index contributed by atoms with van der Waals surface area (Å²) in [5.74, 6) is 3.36. The summed E-state index contributed by atoms with van der Waals surface area (Å²) >= 11 is 11.3. The molecule has 4 saturated heterocycles. The van der Waals surface area contributed by atoms with Crippen LogP contribution in [0.15, 0.2) is 165 Å². The van der Waals surface area contributed by atoms with Crippen molar-refractivity contribution in [3.05, 3.63) is 219 Å². The Kier molecular flexibility index (Phi) is 31.1. The normalized spacial score (nSPS) is 15.0. The smallest absolute Gasteiger partial charge is 0.272 e. The number of pyridine rings is 4. The van der Waals surface area contributed by atoms with Crippen LogP contribution in [0.25, 0.3) is 72.6 Å². The number of nitrogens with two attached hydrogens (primary N) is 2. The maximum absolute atomic E-state index is 14.8. The van der Waals surface area contributed by atoms with E-state index in [0.717, 1.165) is 160 Å². The van der Waals surface area contributed by atoms with Crippen molar-refractivity contribution in [2.24, 2.45) is 11.7 Å². The minimum absolute atomic E-state index is 0.0918. The van der Waals surface area contributed by atoms with Crippen molar-refractivity contribution >= 4 is 121 Å². The van der Waals surface area contributed by atoms with Crippen LogP contribution in [0.1, 0.15) is 93.9 Å². The van der Waals surface area contributed by atoms with Crippen molar-refractivity contribution < 1.29 is 51.2 Å². The van der Waals surface area contributed by atoms with E-state index in [1.54, 1.807) is 67.1 Å². The number of carbonyl (C=O) groups is 1. The number of Topliss-reactive ketones (excluding diaryl/α,β-unsaturated/α-hetero) is 1. The number of nitro groups is 2. The van der Waals surface area contributed by atoms with Crippen LogP contribution in [0, 0.1) is 61.8 Å². The molecule has 0 amide bonds. The topological polar surface area (TPSA) is 349 Å². The van der Waals surface area contributed by atoms with Gasteiger partial charge in [-0.1, -0.05) is 27.6 Å². The van der Waals surface area contributed by atoms with Crippen LogP contribution >= 0.6 is 56.9 Å². The van der Waals surface area contributed by atoms with Gasteiger partial charge < -0.3 is 50.0 Å². The number of non-ortho nitro benzene ring substituents is 2. The van der Waals surface area contributed by atoms with Gasteiger partial charge in [-0.25, -0.2) is 17.6 Å². The lowest BCUT2D eigenvalue weighted by molar-refractivity contribution is -0.385. The fourth-order valence-corrected chi connectivity index (χ4v) is 19.3. The van der Waals surface area contributed by atoms with Crippen molar-refractivity contribution in [1.82, 2.24) is 84.5 Å². The van der Waals surface area contributed by atoms with E-state index in [0.29, 0.717) is 73.2 Å². The van der Waals surface area contributed by atoms with E-state index in [1.165, 1.54) is 184 Å². The minimum atomic E-state index is -0.812. The number of aromatic nitrogens is 13. The van der Waals surface area contributed by atoms with E-state index in [9.17, 15) is 42.6 Å². The largest absolute Gasteiger partial charge is 0.453 e. The molecule has 21 rings (SSSR count). The summed E-state index contributed by atoms with van der Waals surface area (Å²) in [4.78, 5) is 62.8. The molecular weight excluding hydrogens is 1790 g/mol. The van der Waals surface area contributed by atoms with Crippen LogP contribution in [0.2, 0.25) is 0 Å². The van der Waals surface area contributed by atoms with E-state index in [-0.39, 0.29) is 46.6 Å². The van der Waals surface area contributed by atoms with Crippen LogP contribution in [0.3, 0.4) is 0 Å². The van der Waals surface area contributed by atoms with Crippen LogP contribution in [-0.2, 0) is 30.8 Å². The first kappa shape index (κ1) is 92.8. The Bertz CT molecular complexity index is 6570. The van der Waals surface area contributed by atoms with E-state index in [2.05, 4.69) is 76.4 Å². The van der Waals surface area contributed by atoms with Gasteiger partial charge in [0.25, 0.3) is 11.4 Å². The first-order valence-electron chi connectivity index (χ1n) is 43.6. The Balaban J connectivity index is 0.000000124. The number of anilines is 1. The van der Waals surface area contributed by atoms with Gasteiger partial charge in [-0.3, -0.25) is 59.0 Å². The second-order valence-corrected chi connectivity index (χ2v) is 37.1. The van der Waals surface area contributed by atoms with Gasteiger partial charge in [0.15, 0.2) is 46.3 Å².